The molecule has 0 saturated heterocycles. The van der Waals surface area contributed by atoms with Crippen molar-refractivity contribution in [2.24, 2.45) is 0 Å². The van der Waals surface area contributed by atoms with Crippen molar-refractivity contribution in [1.29, 1.82) is 0 Å². The summed E-state index contributed by atoms with van der Waals surface area (Å²) in [5.74, 6) is 0. The van der Waals surface area contributed by atoms with Crippen molar-refractivity contribution in [2.45, 2.75) is 78.3 Å². The second kappa shape index (κ2) is 7.77. The second-order valence-electron chi connectivity index (χ2n) is 7.51. The van der Waals surface area contributed by atoms with Crippen LogP contribution in [-0.2, 0) is 6.18 Å². The van der Waals surface area contributed by atoms with Gasteiger partial charge in [0.15, 0.2) is 0 Å². The summed E-state index contributed by atoms with van der Waals surface area (Å²) in [4.78, 5) is 0. The van der Waals surface area contributed by atoms with E-state index in [-0.39, 0.29) is 0 Å². The molecule has 3 rings (SSSR count). The van der Waals surface area contributed by atoms with E-state index in [1.165, 1.54) is 76.3 Å². The van der Waals surface area contributed by atoms with Crippen LogP contribution in [-0.4, -0.2) is 17.3 Å². The van der Waals surface area contributed by atoms with Gasteiger partial charge in [0, 0.05) is 0 Å². The van der Waals surface area contributed by atoms with Crippen molar-refractivity contribution in [1.82, 2.24) is 0 Å². The summed E-state index contributed by atoms with van der Waals surface area (Å²) < 4.78 is 41.0. The van der Waals surface area contributed by atoms with Gasteiger partial charge in [-0.05, 0) is 0 Å². The van der Waals surface area contributed by atoms with Gasteiger partial charge in [-0.15, -0.1) is 0 Å². The van der Waals surface area contributed by atoms with Gasteiger partial charge in [0.05, 0.1) is 0 Å². The van der Waals surface area contributed by atoms with E-state index in [0.29, 0.717) is 7.87 Å². The Bertz CT molecular complexity index is 511. The standard InChI is InChI=1S/C7H4F3.2C6H11.ClH.Sn/c8-7(9,10)6-4-2-1-3-5-6;2*1-2-4-6-5-3-1;;/h2-5H;2*1H,2-6H2;1H;/q;;;;+1/p-1. The first kappa shape index (κ1) is 18.9. The molecule has 0 N–H and O–H groups in total. The molecule has 0 nitrogen and oxygen atoms in total. The van der Waals surface area contributed by atoms with Crippen molar-refractivity contribution in [3.05, 3.63) is 29.8 Å². The first-order valence-electron chi connectivity index (χ1n) is 9.29. The summed E-state index contributed by atoms with van der Waals surface area (Å²) in [7, 11) is 7.52. The maximum absolute atomic E-state index is 12.9. The van der Waals surface area contributed by atoms with Gasteiger partial charge in [0.2, 0.25) is 0 Å². The maximum atomic E-state index is 12.9. The van der Waals surface area contributed by atoms with E-state index in [1.807, 2.05) is 0 Å². The van der Waals surface area contributed by atoms with Crippen molar-refractivity contribution in [3.63, 3.8) is 0 Å². The Hall–Kier alpha value is 0.0987. The molecule has 0 radical (unpaired) electrons. The molecular formula is C19H26ClF3Sn. The van der Waals surface area contributed by atoms with Crippen molar-refractivity contribution in [3.8, 4) is 0 Å². The Labute approximate surface area is 150 Å². The Kier molecular flexibility index (Phi) is 6.11. The number of hydrogen-bond donors (Lipinski definition) is 0. The number of hydrogen-bond acceptors (Lipinski definition) is 0. The molecule has 0 unspecified atom stereocenters. The van der Waals surface area contributed by atoms with E-state index >= 15 is 0 Å². The van der Waals surface area contributed by atoms with Crippen molar-refractivity contribution < 1.29 is 13.2 Å². The number of rotatable bonds is 3. The topological polar surface area (TPSA) is 0 Å². The van der Waals surface area contributed by atoms with Gasteiger partial charge in [-0.3, -0.25) is 0 Å². The molecule has 0 bridgehead atoms. The average molecular weight is 466 g/mol. The molecule has 2 fully saturated rings. The normalized spacial score (nSPS) is 21.8. The van der Waals surface area contributed by atoms with Crippen LogP contribution in [0.4, 0.5) is 13.2 Å². The SMILES string of the molecule is FC(F)(F)c1cc[c]([Sn]([Cl])([CH]2CCCCC2)[CH]2CCCCC2)cc1. The van der Waals surface area contributed by atoms with Gasteiger partial charge in [0.25, 0.3) is 0 Å². The number of alkyl halides is 3. The van der Waals surface area contributed by atoms with Crippen LogP contribution in [0.3, 0.4) is 0 Å². The zero-order valence-corrected chi connectivity index (χ0v) is 17.7. The minimum atomic E-state index is -4.27. The predicted octanol–water partition coefficient (Wildman–Crippen LogP) is 6.77. The van der Waals surface area contributed by atoms with Crippen molar-refractivity contribution in [2.75, 3.05) is 0 Å². The van der Waals surface area contributed by atoms with Crippen LogP contribution in [0.2, 0.25) is 7.87 Å². The summed E-state index contributed by atoms with van der Waals surface area (Å²) in [6.07, 6.45) is 8.03. The molecule has 2 aliphatic rings. The summed E-state index contributed by atoms with van der Waals surface area (Å²) >= 11 is -3.23. The Morgan fingerprint density at radius 3 is 1.54 bits per heavy atom. The van der Waals surface area contributed by atoms with Crippen LogP contribution in [0.25, 0.3) is 0 Å². The number of halogens is 4. The van der Waals surface area contributed by atoms with Crippen LogP contribution >= 0.6 is 8.92 Å². The predicted molar refractivity (Wildman–Crippen MR) is 96.4 cm³/mol. The third-order valence-corrected chi connectivity index (χ3v) is 25.2. The van der Waals surface area contributed by atoms with E-state index in [0.717, 1.165) is 3.58 Å². The van der Waals surface area contributed by atoms with E-state index in [2.05, 4.69) is 0 Å². The molecule has 0 heterocycles. The summed E-state index contributed by atoms with van der Waals surface area (Å²) in [5.41, 5.74) is -0.552. The van der Waals surface area contributed by atoms with Gasteiger partial charge in [-0.1, -0.05) is 0 Å². The second-order valence-corrected chi connectivity index (χ2v) is 22.4. The first-order valence-corrected chi connectivity index (χ1v) is 17.6. The third kappa shape index (κ3) is 3.92. The van der Waals surface area contributed by atoms with Crippen LogP contribution in [0.1, 0.15) is 69.8 Å². The van der Waals surface area contributed by atoms with Gasteiger partial charge < -0.3 is 0 Å². The third-order valence-electron chi connectivity index (χ3n) is 6.05. The summed E-state index contributed by atoms with van der Waals surface area (Å²) in [6, 6.07) is 5.98. The fourth-order valence-electron chi connectivity index (χ4n) is 4.76. The van der Waals surface area contributed by atoms with Gasteiger partial charge in [-0.25, -0.2) is 0 Å². The van der Waals surface area contributed by atoms with E-state index < -0.39 is 29.0 Å². The van der Waals surface area contributed by atoms with E-state index in [1.54, 1.807) is 12.1 Å². The molecule has 2 aliphatic carbocycles. The quantitative estimate of drug-likeness (QED) is 0.433. The van der Waals surface area contributed by atoms with Gasteiger partial charge in [0.1, 0.15) is 0 Å². The first-order chi connectivity index (χ1) is 11.4. The van der Waals surface area contributed by atoms with Gasteiger partial charge in [-0.2, -0.15) is 0 Å². The zero-order chi connectivity index (χ0) is 17.2. The summed E-state index contributed by atoms with van der Waals surface area (Å²) in [6.45, 7) is 0. The molecule has 0 atom stereocenters. The minimum absolute atomic E-state index is 0.552. The molecule has 24 heavy (non-hydrogen) atoms. The van der Waals surface area contributed by atoms with Crippen molar-refractivity contribution >= 4 is 29.8 Å². The fourth-order valence-corrected chi connectivity index (χ4v) is 22.2. The summed E-state index contributed by atoms with van der Waals surface area (Å²) in [5, 5.41) is 0. The van der Waals surface area contributed by atoms with E-state index in [9.17, 15) is 13.2 Å². The van der Waals surface area contributed by atoms with Crippen LogP contribution in [0, 0.1) is 0 Å². The molecule has 134 valence electrons. The molecule has 0 amide bonds. The zero-order valence-electron chi connectivity index (χ0n) is 14.0. The Morgan fingerprint density at radius 2 is 1.17 bits per heavy atom. The molecule has 1 aromatic rings. The number of benzene rings is 1. The molecule has 5 heteroatoms. The fraction of sp³-hybridized carbons (Fsp3) is 0.684. The molecular weight excluding hydrogens is 439 g/mol. The molecule has 2 saturated carbocycles. The Balaban J connectivity index is 1.94. The Morgan fingerprint density at radius 1 is 0.750 bits per heavy atom. The van der Waals surface area contributed by atoms with Crippen LogP contribution in [0.5, 0.6) is 0 Å². The molecule has 0 aliphatic heterocycles. The van der Waals surface area contributed by atoms with Gasteiger partial charge >= 0.3 is 151 Å². The molecule has 1 aromatic carbocycles. The van der Waals surface area contributed by atoms with Crippen LogP contribution in [0.15, 0.2) is 24.3 Å². The molecule has 0 spiro atoms. The molecule has 0 aromatic heterocycles. The van der Waals surface area contributed by atoms with E-state index in [4.69, 9.17) is 8.92 Å². The van der Waals surface area contributed by atoms with Crippen LogP contribution < -0.4 is 3.58 Å². The monoisotopic (exact) mass is 466 g/mol. The average Bonchev–Trinajstić information content (AvgIpc) is 2.62.